The lowest BCUT2D eigenvalue weighted by Crippen LogP contribution is -2.69. The monoisotopic (exact) mass is 268 g/mol. The molecule has 3 N–H and O–H groups in total. The van der Waals surface area contributed by atoms with Gasteiger partial charge in [-0.15, -0.1) is 0 Å². The molecule has 0 aromatic heterocycles. The minimum absolute atomic E-state index is 0.0947. The summed E-state index contributed by atoms with van der Waals surface area (Å²) in [5, 5.41) is 0. The molecule has 0 aliphatic heterocycles. The molecule has 4 nitrogen and oxygen atoms in total. The van der Waals surface area contributed by atoms with Crippen LogP contribution in [0.4, 0.5) is 4.79 Å². The van der Waals surface area contributed by atoms with E-state index in [1.807, 2.05) is 0 Å². The molecule has 108 valence electrons. The van der Waals surface area contributed by atoms with Gasteiger partial charge in [0, 0.05) is 12.0 Å². The van der Waals surface area contributed by atoms with Crippen molar-refractivity contribution in [3.63, 3.8) is 0 Å². The van der Waals surface area contributed by atoms with E-state index in [4.69, 9.17) is 9.47 Å². The van der Waals surface area contributed by atoms with Crippen LogP contribution in [0.3, 0.4) is 0 Å². The highest BCUT2D eigenvalue weighted by molar-refractivity contribution is 5.54. The lowest BCUT2D eigenvalue weighted by Gasteiger charge is -2.71. The number of ether oxygens (including phenoxy) is 2. The fourth-order valence-corrected chi connectivity index (χ4v) is 5.21. The van der Waals surface area contributed by atoms with E-state index in [1.54, 1.807) is 0 Å². The number of rotatable bonds is 5. The minimum atomic E-state index is -0.381. The number of carbonyl (C=O) groups excluding carboxylic acids is 1. The molecule has 3 rings (SSSR count). The first-order chi connectivity index (χ1) is 8.98. The van der Waals surface area contributed by atoms with Crippen molar-refractivity contribution in [1.29, 1.82) is 0 Å². The summed E-state index contributed by atoms with van der Waals surface area (Å²) < 4.78 is 11.3. The molecule has 2 atom stereocenters. The quantitative estimate of drug-likeness (QED) is 0.829. The van der Waals surface area contributed by atoms with Crippen molar-refractivity contribution in [3.05, 3.63) is 0 Å². The summed E-state index contributed by atoms with van der Waals surface area (Å²) in [6.45, 7) is 5.93. The van der Waals surface area contributed by atoms with E-state index >= 15 is 0 Å². The van der Waals surface area contributed by atoms with Gasteiger partial charge in [-0.05, 0) is 56.8 Å². The summed E-state index contributed by atoms with van der Waals surface area (Å²) in [6.07, 6.45) is 5.52. The third kappa shape index (κ3) is 2.09. The van der Waals surface area contributed by atoms with Gasteiger partial charge in [0.15, 0.2) is 0 Å². The molecule has 3 fully saturated rings. The second kappa shape index (κ2) is 4.45. The molecule has 0 heterocycles. The fraction of sp³-hybridized carbons (Fsp3) is 0.933. The first kappa shape index (κ1) is 13.4. The lowest BCUT2D eigenvalue weighted by atomic mass is 9.34. The predicted octanol–water partition coefficient (Wildman–Crippen LogP) is 1.99. The summed E-state index contributed by atoms with van der Waals surface area (Å²) in [5.41, 5.74) is 3.71. The molecular weight excluding hydrogens is 242 g/mol. The number of amides is 1. The van der Waals surface area contributed by atoms with Crippen LogP contribution >= 0.6 is 0 Å². The fourth-order valence-electron chi connectivity index (χ4n) is 5.21. The predicted molar refractivity (Wildman–Crippen MR) is 70.3 cm³/mol. The maximum Gasteiger partial charge on any atom is 0.511 e. The van der Waals surface area contributed by atoms with E-state index in [0.29, 0.717) is 12.0 Å². The van der Waals surface area contributed by atoms with Gasteiger partial charge in [0.05, 0.1) is 5.60 Å². The Morgan fingerprint density at radius 1 is 1.26 bits per heavy atom. The van der Waals surface area contributed by atoms with Crippen LogP contribution in [-0.4, -0.2) is 24.9 Å². The largest absolute Gasteiger partial charge is 0.511 e. The van der Waals surface area contributed by atoms with Crippen LogP contribution in [0.1, 0.15) is 46.0 Å². The van der Waals surface area contributed by atoms with Crippen molar-refractivity contribution >= 4 is 6.09 Å². The Morgan fingerprint density at radius 2 is 1.89 bits per heavy atom. The molecule has 3 saturated carbocycles. The van der Waals surface area contributed by atoms with E-state index in [1.165, 1.54) is 25.7 Å². The number of hydrogen-bond acceptors (Lipinski definition) is 3. The molecule has 1 amide bonds. The van der Waals surface area contributed by atoms with Gasteiger partial charge in [-0.1, -0.05) is 6.92 Å². The lowest BCUT2D eigenvalue weighted by molar-refractivity contribution is -0.306. The van der Waals surface area contributed by atoms with Crippen molar-refractivity contribution in [2.75, 3.05) is 13.2 Å². The highest BCUT2D eigenvalue weighted by Gasteiger charge is 2.69. The van der Waals surface area contributed by atoms with E-state index in [9.17, 15) is 4.79 Å². The van der Waals surface area contributed by atoms with E-state index in [-0.39, 0.29) is 11.7 Å². The zero-order valence-electron chi connectivity index (χ0n) is 12.1. The van der Waals surface area contributed by atoms with E-state index < -0.39 is 0 Å². The van der Waals surface area contributed by atoms with Crippen LogP contribution in [0.2, 0.25) is 0 Å². The smallest absolute Gasteiger partial charge is 0.420 e. The van der Waals surface area contributed by atoms with Crippen LogP contribution in [0, 0.1) is 23.2 Å². The van der Waals surface area contributed by atoms with Crippen LogP contribution in [0.25, 0.3) is 0 Å². The van der Waals surface area contributed by atoms with Gasteiger partial charge >= 0.3 is 6.09 Å². The van der Waals surface area contributed by atoms with Gasteiger partial charge in [-0.2, -0.15) is 4.79 Å². The Kier molecular flexibility index (Phi) is 3.13. The van der Waals surface area contributed by atoms with Crippen molar-refractivity contribution < 1.29 is 20.0 Å². The molecule has 0 spiro atoms. The van der Waals surface area contributed by atoms with Crippen molar-refractivity contribution in [2.24, 2.45) is 23.2 Å². The molecule has 19 heavy (non-hydrogen) atoms. The van der Waals surface area contributed by atoms with E-state index in [0.717, 1.165) is 30.8 Å². The zero-order valence-corrected chi connectivity index (χ0v) is 12.1. The van der Waals surface area contributed by atoms with Crippen LogP contribution < -0.4 is 5.73 Å². The van der Waals surface area contributed by atoms with Crippen molar-refractivity contribution in [3.8, 4) is 0 Å². The third-order valence-electron chi connectivity index (χ3n) is 5.62. The first-order valence-electron chi connectivity index (χ1n) is 7.61. The first-order valence-corrected chi connectivity index (χ1v) is 7.61. The van der Waals surface area contributed by atoms with Gasteiger partial charge < -0.3 is 9.47 Å². The van der Waals surface area contributed by atoms with Crippen molar-refractivity contribution in [1.82, 2.24) is 0 Å². The summed E-state index contributed by atoms with van der Waals surface area (Å²) in [5.74, 6) is 2.36. The normalized spacial score (nSPS) is 46.8. The van der Waals surface area contributed by atoms with Crippen LogP contribution in [0.15, 0.2) is 0 Å². The molecule has 0 saturated heterocycles. The number of hydrogen-bond donors (Lipinski definition) is 1. The Morgan fingerprint density at radius 3 is 2.42 bits per heavy atom. The van der Waals surface area contributed by atoms with Crippen molar-refractivity contribution in [2.45, 2.75) is 51.6 Å². The van der Waals surface area contributed by atoms with Gasteiger partial charge in [-0.3, -0.25) is 5.73 Å². The van der Waals surface area contributed by atoms with Crippen LogP contribution in [0.5, 0.6) is 0 Å². The second-order valence-corrected chi connectivity index (χ2v) is 7.18. The highest BCUT2D eigenvalue weighted by atomic mass is 16.5. The molecule has 4 heteroatoms. The molecule has 0 radical (unpaired) electrons. The Bertz CT molecular complexity index is 366. The molecule has 3 aliphatic rings. The minimum Gasteiger partial charge on any atom is -0.420 e. The van der Waals surface area contributed by atoms with Gasteiger partial charge in [0.25, 0.3) is 0 Å². The molecule has 3 aliphatic carbocycles. The average molecular weight is 268 g/mol. The maximum atomic E-state index is 10.9. The van der Waals surface area contributed by atoms with E-state index in [2.05, 4.69) is 19.6 Å². The SMILES string of the molecule is CCCOC1(C)CC2CC3(COC([NH3+])=O)CC(C1)C23. The average Bonchev–Trinajstić information content (AvgIpc) is 2.29. The molecule has 2 unspecified atom stereocenters. The van der Waals surface area contributed by atoms with Gasteiger partial charge in [0.1, 0.15) is 6.61 Å². The standard InChI is InChI=1S/C15H25NO3/c1-3-4-19-14(2)5-10-7-15(9-18-13(16)17)8-11(6-14)12(10)15/h10-12H,3-9H2,1-2H3,(H2,16,17)/p+1. The number of carbonyl (C=O) groups is 1. The summed E-state index contributed by atoms with van der Waals surface area (Å²) in [4.78, 5) is 10.9. The molecule has 0 bridgehead atoms. The summed E-state index contributed by atoms with van der Waals surface area (Å²) >= 11 is 0. The number of quaternary nitrogens is 1. The Hall–Kier alpha value is -0.610. The van der Waals surface area contributed by atoms with Crippen LogP contribution in [-0.2, 0) is 9.47 Å². The Balaban J connectivity index is 1.58. The van der Waals surface area contributed by atoms with Gasteiger partial charge in [0.2, 0.25) is 0 Å². The van der Waals surface area contributed by atoms with Gasteiger partial charge in [-0.25, -0.2) is 0 Å². The maximum absolute atomic E-state index is 10.9. The highest BCUT2D eigenvalue weighted by Crippen LogP contribution is 2.72. The Labute approximate surface area is 115 Å². The molecule has 0 aromatic rings. The molecular formula is C15H26NO3+. The molecule has 0 aromatic carbocycles. The topological polar surface area (TPSA) is 63.2 Å². The second-order valence-electron chi connectivity index (χ2n) is 7.18. The summed E-state index contributed by atoms with van der Waals surface area (Å²) in [7, 11) is 0. The summed E-state index contributed by atoms with van der Waals surface area (Å²) in [6, 6.07) is 0. The zero-order chi connectivity index (χ0) is 13.7. The third-order valence-corrected chi connectivity index (χ3v) is 5.62.